The summed E-state index contributed by atoms with van der Waals surface area (Å²) in [6.07, 6.45) is 3.10. The third-order valence-electron chi connectivity index (χ3n) is 1.95. The van der Waals surface area contributed by atoms with Gasteiger partial charge in [0.2, 0.25) is 0 Å². The van der Waals surface area contributed by atoms with Crippen LogP contribution < -0.4 is 16.2 Å². The minimum absolute atomic E-state index is 0.355. The zero-order valence-electron chi connectivity index (χ0n) is 9.21. The van der Waals surface area contributed by atoms with Crippen LogP contribution in [0.1, 0.15) is 9.67 Å². The standard InChI is InChI=1S/C11H10N4O2S/c16-10(9-4-2-6-18-9)14-15-11(17)13-8-3-1-5-12-7-8/h1-7H,(H,14,16)(H2,13,15,17). The molecule has 0 aliphatic carbocycles. The minimum atomic E-state index is -0.534. The highest BCUT2D eigenvalue weighted by atomic mass is 32.1. The number of amides is 3. The number of hydrogen-bond donors (Lipinski definition) is 3. The van der Waals surface area contributed by atoms with E-state index in [0.717, 1.165) is 0 Å². The second-order valence-corrected chi connectivity index (χ2v) is 4.20. The van der Waals surface area contributed by atoms with Crippen molar-refractivity contribution in [3.8, 4) is 0 Å². The number of thiophene rings is 1. The van der Waals surface area contributed by atoms with Gasteiger partial charge in [0.1, 0.15) is 0 Å². The Kier molecular flexibility index (Phi) is 3.87. The molecule has 2 aromatic heterocycles. The molecule has 2 aromatic rings. The lowest BCUT2D eigenvalue weighted by Gasteiger charge is -2.07. The number of nitrogens with zero attached hydrogens (tertiary/aromatic N) is 1. The van der Waals surface area contributed by atoms with Crippen molar-refractivity contribution in [3.05, 3.63) is 46.9 Å². The van der Waals surface area contributed by atoms with Gasteiger partial charge >= 0.3 is 6.03 Å². The average Bonchev–Trinajstić information content (AvgIpc) is 2.91. The first-order valence-corrected chi connectivity index (χ1v) is 5.94. The molecule has 2 heterocycles. The SMILES string of the molecule is O=C(NNC(=O)c1cccs1)Nc1cccnc1. The van der Waals surface area contributed by atoms with Crippen molar-refractivity contribution in [2.75, 3.05) is 5.32 Å². The third kappa shape index (κ3) is 3.29. The summed E-state index contributed by atoms with van der Waals surface area (Å²) in [5.41, 5.74) is 5.08. The first-order valence-electron chi connectivity index (χ1n) is 5.06. The molecule has 2 rings (SSSR count). The minimum Gasteiger partial charge on any atom is -0.305 e. The Hall–Kier alpha value is -2.41. The Labute approximate surface area is 107 Å². The molecular formula is C11H10N4O2S. The molecule has 0 unspecified atom stereocenters. The number of aromatic nitrogens is 1. The van der Waals surface area contributed by atoms with Gasteiger partial charge in [0.05, 0.1) is 16.8 Å². The summed E-state index contributed by atoms with van der Waals surface area (Å²) in [6.45, 7) is 0. The number of urea groups is 1. The van der Waals surface area contributed by atoms with Crippen LogP contribution in [0.3, 0.4) is 0 Å². The summed E-state index contributed by atoms with van der Waals surface area (Å²) < 4.78 is 0. The van der Waals surface area contributed by atoms with Gasteiger partial charge in [-0.25, -0.2) is 10.2 Å². The van der Waals surface area contributed by atoms with Crippen molar-refractivity contribution in [2.45, 2.75) is 0 Å². The van der Waals surface area contributed by atoms with Crippen LogP contribution in [0.25, 0.3) is 0 Å². The molecule has 0 aliphatic rings. The number of rotatable bonds is 2. The fourth-order valence-corrected chi connectivity index (χ4v) is 1.80. The monoisotopic (exact) mass is 262 g/mol. The molecule has 0 saturated heterocycles. The smallest absolute Gasteiger partial charge is 0.305 e. The number of anilines is 1. The van der Waals surface area contributed by atoms with Gasteiger partial charge in [0.25, 0.3) is 5.91 Å². The van der Waals surface area contributed by atoms with Crippen molar-refractivity contribution in [3.63, 3.8) is 0 Å². The van der Waals surface area contributed by atoms with Crippen LogP contribution in [0.15, 0.2) is 42.0 Å². The number of carbonyl (C=O) groups is 2. The van der Waals surface area contributed by atoms with E-state index in [2.05, 4.69) is 21.2 Å². The van der Waals surface area contributed by atoms with Gasteiger partial charge < -0.3 is 5.32 Å². The Morgan fingerprint density at radius 2 is 2.06 bits per heavy atom. The van der Waals surface area contributed by atoms with Crippen molar-refractivity contribution in [1.29, 1.82) is 0 Å². The van der Waals surface area contributed by atoms with Gasteiger partial charge in [0.15, 0.2) is 0 Å². The van der Waals surface area contributed by atoms with Crippen molar-refractivity contribution in [1.82, 2.24) is 15.8 Å². The molecular weight excluding hydrogens is 252 g/mol. The maximum atomic E-state index is 11.5. The zero-order chi connectivity index (χ0) is 12.8. The molecule has 0 aromatic carbocycles. The molecule has 3 amide bonds. The number of hydrazine groups is 1. The molecule has 0 atom stereocenters. The Morgan fingerprint density at radius 1 is 1.17 bits per heavy atom. The fourth-order valence-electron chi connectivity index (χ4n) is 1.18. The highest BCUT2D eigenvalue weighted by Crippen LogP contribution is 2.07. The van der Waals surface area contributed by atoms with Gasteiger partial charge in [0, 0.05) is 6.20 Å². The number of nitrogens with one attached hydrogen (secondary N) is 3. The summed E-state index contributed by atoms with van der Waals surface area (Å²) in [5, 5.41) is 4.30. The van der Waals surface area contributed by atoms with Crippen LogP contribution in [0.2, 0.25) is 0 Å². The first-order chi connectivity index (χ1) is 8.75. The molecule has 3 N–H and O–H groups in total. The molecule has 0 fully saturated rings. The van der Waals surface area contributed by atoms with E-state index in [0.29, 0.717) is 10.6 Å². The van der Waals surface area contributed by atoms with E-state index in [1.165, 1.54) is 17.5 Å². The number of pyridine rings is 1. The van der Waals surface area contributed by atoms with Crippen molar-refractivity contribution in [2.24, 2.45) is 0 Å². The Balaban J connectivity index is 1.80. The van der Waals surface area contributed by atoms with Crippen LogP contribution in [0.4, 0.5) is 10.5 Å². The van der Waals surface area contributed by atoms with E-state index in [4.69, 9.17) is 0 Å². The van der Waals surface area contributed by atoms with E-state index in [9.17, 15) is 9.59 Å². The second-order valence-electron chi connectivity index (χ2n) is 3.25. The van der Waals surface area contributed by atoms with E-state index in [1.807, 2.05) is 0 Å². The number of hydrogen-bond acceptors (Lipinski definition) is 4. The highest BCUT2D eigenvalue weighted by molar-refractivity contribution is 7.12. The van der Waals surface area contributed by atoms with Crippen LogP contribution in [-0.2, 0) is 0 Å². The summed E-state index contributed by atoms with van der Waals surface area (Å²) >= 11 is 1.29. The maximum absolute atomic E-state index is 11.5. The third-order valence-corrected chi connectivity index (χ3v) is 2.82. The van der Waals surface area contributed by atoms with Crippen LogP contribution >= 0.6 is 11.3 Å². The van der Waals surface area contributed by atoms with Crippen molar-refractivity contribution < 1.29 is 9.59 Å². The molecule has 0 radical (unpaired) electrons. The topological polar surface area (TPSA) is 83.1 Å². The molecule has 0 spiro atoms. The molecule has 0 bridgehead atoms. The zero-order valence-corrected chi connectivity index (χ0v) is 10.0. The summed E-state index contributed by atoms with van der Waals surface area (Å²) in [6, 6.07) is 6.27. The Morgan fingerprint density at radius 3 is 2.72 bits per heavy atom. The van der Waals surface area contributed by atoms with Gasteiger partial charge in [-0.15, -0.1) is 11.3 Å². The van der Waals surface area contributed by atoms with Gasteiger partial charge in [-0.3, -0.25) is 15.2 Å². The molecule has 6 nitrogen and oxygen atoms in total. The molecule has 7 heteroatoms. The second kappa shape index (κ2) is 5.78. The lowest BCUT2D eigenvalue weighted by atomic mass is 10.4. The van der Waals surface area contributed by atoms with E-state index in [1.54, 1.807) is 35.8 Å². The van der Waals surface area contributed by atoms with E-state index >= 15 is 0 Å². The Bertz CT molecular complexity index is 527. The average molecular weight is 262 g/mol. The number of carbonyl (C=O) groups excluding carboxylic acids is 2. The lowest BCUT2D eigenvalue weighted by molar-refractivity contribution is 0.0942. The quantitative estimate of drug-likeness (QED) is 0.719. The van der Waals surface area contributed by atoms with Gasteiger partial charge in [-0.05, 0) is 23.6 Å². The van der Waals surface area contributed by atoms with Crippen molar-refractivity contribution >= 4 is 29.0 Å². The normalized spacial score (nSPS) is 9.56. The molecule has 92 valence electrons. The fraction of sp³-hybridized carbons (Fsp3) is 0. The van der Waals surface area contributed by atoms with E-state index in [-0.39, 0.29) is 5.91 Å². The van der Waals surface area contributed by atoms with Crippen LogP contribution in [0.5, 0.6) is 0 Å². The van der Waals surface area contributed by atoms with E-state index < -0.39 is 6.03 Å². The molecule has 18 heavy (non-hydrogen) atoms. The summed E-state index contributed by atoms with van der Waals surface area (Å²) in [4.78, 5) is 27.3. The maximum Gasteiger partial charge on any atom is 0.337 e. The summed E-state index contributed by atoms with van der Waals surface area (Å²) in [5.74, 6) is -0.355. The molecule has 0 saturated carbocycles. The largest absolute Gasteiger partial charge is 0.337 e. The van der Waals surface area contributed by atoms with Crippen LogP contribution in [-0.4, -0.2) is 16.9 Å². The highest BCUT2D eigenvalue weighted by Gasteiger charge is 2.07. The van der Waals surface area contributed by atoms with Gasteiger partial charge in [-0.2, -0.15) is 0 Å². The predicted octanol–water partition coefficient (Wildman–Crippen LogP) is 1.61. The van der Waals surface area contributed by atoms with Gasteiger partial charge in [-0.1, -0.05) is 6.07 Å². The summed E-state index contributed by atoms with van der Waals surface area (Å²) in [7, 11) is 0. The predicted molar refractivity (Wildman–Crippen MR) is 68.2 cm³/mol. The first kappa shape index (κ1) is 12.1. The molecule has 0 aliphatic heterocycles. The lowest BCUT2D eigenvalue weighted by Crippen LogP contribution is -2.43. The van der Waals surface area contributed by atoms with Crippen LogP contribution in [0, 0.1) is 0 Å².